The zero-order chi connectivity index (χ0) is 18.8. The molecule has 1 saturated heterocycles. The van der Waals surface area contributed by atoms with Crippen molar-refractivity contribution in [1.82, 2.24) is 15.1 Å². The smallest absolute Gasteiger partial charge is 0.246 e. The molecule has 0 spiro atoms. The SMILES string of the molecule is CNC(=O)[C@@H]1Cc2ccccc2CN1C(=O)[C@H]1C[C@@H](OC)CN1C(C)=O. The number of fused-ring (bicyclic) bond motifs is 1. The van der Waals surface area contributed by atoms with Crippen molar-refractivity contribution in [3.05, 3.63) is 35.4 Å². The first kappa shape index (κ1) is 18.4. The van der Waals surface area contributed by atoms with E-state index in [1.807, 2.05) is 24.3 Å². The van der Waals surface area contributed by atoms with E-state index in [1.54, 1.807) is 24.0 Å². The van der Waals surface area contributed by atoms with Gasteiger partial charge in [-0.25, -0.2) is 0 Å². The average Bonchev–Trinajstić information content (AvgIpc) is 3.10. The minimum Gasteiger partial charge on any atom is -0.380 e. The summed E-state index contributed by atoms with van der Waals surface area (Å²) in [6.45, 7) is 2.23. The molecule has 3 atom stereocenters. The number of nitrogens with zero attached hydrogens (tertiary/aromatic N) is 2. The van der Waals surface area contributed by atoms with Crippen LogP contribution < -0.4 is 5.32 Å². The molecule has 0 unspecified atom stereocenters. The number of methoxy groups -OCH3 is 1. The highest BCUT2D eigenvalue weighted by Crippen LogP contribution is 2.28. The van der Waals surface area contributed by atoms with Gasteiger partial charge in [-0.2, -0.15) is 0 Å². The molecular formula is C19H25N3O4. The van der Waals surface area contributed by atoms with Gasteiger partial charge in [0.05, 0.1) is 6.10 Å². The summed E-state index contributed by atoms with van der Waals surface area (Å²) in [7, 11) is 3.16. The lowest BCUT2D eigenvalue weighted by Crippen LogP contribution is -2.56. The Hall–Kier alpha value is -2.41. The van der Waals surface area contributed by atoms with Crippen molar-refractivity contribution in [2.45, 2.75) is 44.5 Å². The van der Waals surface area contributed by atoms with Gasteiger partial charge in [0.15, 0.2) is 0 Å². The number of carbonyl (C=O) groups excluding carboxylic acids is 3. The van der Waals surface area contributed by atoms with Crippen LogP contribution in [0.2, 0.25) is 0 Å². The second kappa shape index (κ2) is 7.45. The molecule has 140 valence electrons. The van der Waals surface area contributed by atoms with Crippen molar-refractivity contribution >= 4 is 17.7 Å². The molecule has 0 aliphatic carbocycles. The topological polar surface area (TPSA) is 79.0 Å². The van der Waals surface area contributed by atoms with E-state index in [2.05, 4.69) is 5.32 Å². The molecule has 3 amide bonds. The third kappa shape index (κ3) is 3.31. The second-order valence-corrected chi connectivity index (χ2v) is 6.85. The summed E-state index contributed by atoms with van der Waals surface area (Å²) in [5, 5.41) is 2.66. The fourth-order valence-corrected chi connectivity index (χ4v) is 3.90. The molecule has 26 heavy (non-hydrogen) atoms. The Bertz CT molecular complexity index is 720. The van der Waals surface area contributed by atoms with Gasteiger partial charge in [-0.1, -0.05) is 24.3 Å². The summed E-state index contributed by atoms with van der Waals surface area (Å²) in [5.74, 6) is -0.539. The first-order valence-corrected chi connectivity index (χ1v) is 8.85. The van der Waals surface area contributed by atoms with Crippen molar-refractivity contribution in [3.63, 3.8) is 0 Å². The van der Waals surface area contributed by atoms with Gasteiger partial charge >= 0.3 is 0 Å². The molecule has 1 N–H and O–H groups in total. The Morgan fingerprint density at radius 2 is 1.81 bits per heavy atom. The molecule has 2 aliphatic rings. The molecule has 7 nitrogen and oxygen atoms in total. The lowest BCUT2D eigenvalue weighted by atomic mass is 9.92. The highest BCUT2D eigenvalue weighted by atomic mass is 16.5. The van der Waals surface area contributed by atoms with E-state index < -0.39 is 12.1 Å². The number of benzene rings is 1. The van der Waals surface area contributed by atoms with Crippen LogP contribution in [-0.4, -0.2) is 66.4 Å². The third-order valence-corrected chi connectivity index (χ3v) is 5.37. The maximum absolute atomic E-state index is 13.3. The van der Waals surface area contributed by atoms with Crippen LogP contribution in [-0.2, 0) is 32.1 Å². The standard InChI is InChI=1S/C19H25N3O4/c1-12(23)21-11-15(26-3)9-17(21)19(25)22-10-14-7-5-4-6-13(14)8-16(22)18(24)20-2/h4-7,15-17H,8-11H2,1-3H3,(H,20,24)/t15-,16+,17-/m1/s1. The fourth-order valence-electron chi connectivity index (χ4n) is 3.90. The number of hydrogen-bond donors (Lipinski definition) is 1. The fraction of sp³-hybridized carbons (Fsp3) is 0.526. The number of likely N-dealkylation sites (tertiary alicyclic amines) is 1. The molecule has 2 aliphatic heterocycles. The predicted octanol–water partition coefficient (Wildman–Crippen LogP) is 0.322. The summed E-state index contributed by atoms with van der Waals surface area (Å²) in [6.07, 6.45) is 0.763. The van der Waals surface area contributed by atoms with E-state index in [9.17, 15) is 14.4 Å². The van der Waals surface area contributed by atoms with Crippen LogP contribution in [0.3, 0.4) is 0 Å². The Morgan fingerprint density at radius 1 is 1.12 bits per heavy atom. The van der Waals surface area contributed by atoms with Crippen molar-refractivity contribution in [2.75, 3.05) is 20.7 Å². The number of ether oxygens (including phenoxy) is 1. The maximum Gasteiger partial charge on any atom is 0.246 e. The van der Waals surface area contributed by atoms with E-state index >= 15 is 0 Å². The molecule has 3 rings (SSSR count). The summed E-state index contributed by atoms with van der Waals surface area (Å²) >= 11 is 0. The van der Waals surface area contributed by atoms with E-state index in [4.69, 9.17) is 4.74 Å². The normalized spacial score (nSPS) is 25.0. The summed E-state index contributed by atoms with van der Waals surface area (Å²) in [5.41, 5.74) is 2.12. The van der Waals surface area contributed by atoms with Gasteiger partial charge < -0.3 is 19.9 Å². The van der Waals surface area contributed by atoms with Crippen LogP contribution in [0.1, 0.15) is 24.5 Å². The first-order valence-electron chi connectivity index (χ1n) is 8.85. The molecule has 0 bridgehead atoms. The molecular weight excluding hydrogens is 334 g/mol. The number of likely N-dealkylation sites (N-methyl/N-ethyl adjacent to an activating group) is 1. The van der Waals surface area contributed by atoms with Gasteiger partial charge in [-0.15, -0.1) is 0 Å². The van der Waals surface area contributed by atoms with E-state index in [1.165, 1.54) is 6.92 Å². The minimum absolute atomic E-state index is 0.156. The quantitative estimate of drug-likeness (QED) is 0.843. The second-order valence-electron chi connectivity index (χ2n) is 6.85. The van der Waals surface area contributed by atoms with Gasteiger partial charge in [-0.3, -0.25) is 14.4 Å². The number of rotatable bonds is 3. The molecule has 1 fully saturated rings. The van der Waals surface area contributed by atoms with Gasteiger partial charge in [0.25, 0.3) is 0 Å². The summed E-state index contributed by atoms with van der Waals surface area (Å²) < 4.78 is 5.37. The van der Waals surface area contributed by atoms with Gasteiger partial charge in [-0.05, 0) is 11.1 Å². The molecule has 7 heteroatoms. The zero-order valence-corrected chi connectivity index (χ0v) is 15.4. The molecule has 2 heterocycles. The largest absolute Gasteiger partial charge is 0.380 e. The number of nitrogens with one attached hydrogen (secondary N) is 1. The van der Waals surface area contributed by atoms with Crippen LogP contribution in [0.5, 0.6) is 0 Å². The Morgan fingerprint density at radius 3 is 2.42 bits per heavy atom. The van der Waals surface area contributed by atoms with E-state index in [0.29, 0.717) is 25.9 Å². The minimum atomic E-state index is -0.588. The lowest BCUT2D eigenvalue weighted by Gasteiger charge is -2.38. The van der Waals surface area contributed by atoms with Crippen molar-refractivity contribution in [1.29, 1.82) is 0 Å². The van der Waals surface area contributed by atoms with Gasteiger partial charge in [0.1, 0.15) is 12.1 Å². The van der Waals surface area contributed by atoms with E-state index in [-0.39, 0.29) is 23.8 Å². The van der Waals surface area contributed by atoms with Gasteiger partial charge in [0.2, 0.25) is 17.7 Å². The maximum atomic E-state index is 13.3. The van der Waals surface area contributed by atoms with Crippen LogP contribution in [0.25, 0.3) is 0 Å². The van der Waals surface area contributed by atoms with Crippen LogP contribution in [0.4, 0.5) is 0 Å². The Labute approximate surface area is 153 Å². The number of carbonyl (C=O) groups is 3. The molecule has 0 saturated carbocycles. The molecule has 0 radical (unpaired) electrons. The van der Waals surface area contributed by atoms with Gasteiger partial charge in [0, 0.05) is 47.0 Å². The Kier molecular flexibility index (Phi) is 5.27. The van der Waals surface area contributed by atoms with E-state index in [0.717, 1.165) is 11.1 Å². The molecule has 1 aromatic carbocycles. The highest BCUT2D eigenvalue weighted by molar-refractivity contribution is 5.92. The summed E-state index contributed by atoms with van der Waals surface area (Å²) in [6, 6.07) is 6.68. The molecule has 1 aromatic rings. The molecule has 0 aromatic heterocycles. The van der Waals surface area contributed by atoms with Crippen LogP contribution >= 0.6 is 0 Å². The Balaban J connectivity index is 1.90. The third-order valence-electron chi connectivity index (χ3n) is 5.37. The predicted molar refractivity (Wildman–Crippen MR) is 95.1 cm³/mol. The van der Waals surface area contributed by atoms with Crippen LogP contribution in [0, 0.1) is 0 Å². The van der Waals surface area contributed by atoms with Crippen LogP contribution in [0.15, 0.2) is 24.3 Å². The first-order chi connectivity index (χ1) is 12.5. The van der Waals surface area contributed by atoms with Crippen molar-refractivity contribution < 1.29 is 19.1 Å². The zero-order valence-electron chi connectivity index (χ0n) is 15.4. The highest BCUT2D eigenvalue weighted by Gasteiger charge is 2.44. The number of amides is 3. The summed E-state index contributed by atoms with van der Waals surface area (Å²) in [4.78, 5) is 40.9. The monoisotopic (exact) mass is 359 g/mol. The number of hydrogen-bond acceptors (Lipinski definition) is 4. The lowest BCUT2D eigenvalue weighted by molar-refractivity contribution is -0.148. The van der Waals surface area contributed by atoms with Crippen molar-refractivity contribution in [2.24, 2.45) is 0 Å². The van der Waals surface area contributed by atoms with Crippen molar-refractivity contribution in [3.8, 4) is 0 Å². The average molecular weight is 359 g/mol.